The number of halogens is 2. The fourth-order valence-corrected chi connectivity index (χ4v) is 13.0. The summed E-state index contributed by atoms with van der Waals surface area (Å²) < 4.78 is 12.2. The van der Waals surface area contributed by atoms with Crippen LogP contribution in [-0.4, -0.2) is 22.3 Å². The van der Waals surface area contributed by atoms with Gasteiger partial charge in [0.1, 0.15) is 0 Å². The first-order chi connectivity index (χ1) is 25.3. The van der Waals surface area contributed by atoms with Gasteiger partial charge in [0.2, 0.25) is 0 Å². The second-order valence-electron chi connectivity index (χ2n) is 20.8. The molecule has 0 fully saturated rings. The van der Waals surface area contributed by atoms with Gasteiger partial charge in [0.25, 0.3) is 0 Å². The van der Waals surface area contributed by atoms with Crippen molar-refractivity contribution in [2.45, 2.75) is 132 Å². The number of aryl methyl sites for hydroxylation is 2. The van der Waals surface area contributed by atoms with E-state index in [9.17, 15) is 0 Å². The van der Waals surface area contributed by atoms with E-state index < -0.39 is 8.07 Å². The Kier molecular flexibility index (Phi) is 14.6. The summed E-state index contributed by atoms with van der Waals surface area (Å²) in [5.74, 6) is 1.86. The molecule has 0 heterocycles. The van der Waals surface area contributed by atoms with Crippen LogP contribution in [0.4, 0.5) is 0 Å². The molecule has 0 spiro atoms. The maximum atomic E-state index is 6.12. The number of rotatable bonds is 6. The van der Waals surface area contributed by atoms with Gasteiger partial charge in [-0.1, -0.05) is 182 Å². The third-order valence-electron chi connectivity index (χ3n) is 12.1. The minimum atomic E-state index is -2.48. The van der Waals surface area contributed by atoms with Gasteiger partial charge in [-0.05, 0) is 55.0 Å². The van der Waals surface area contributed by atoms with E-state index in [2.05, 4.69) is 183 Å². The van der Waals surface area contributed by atoms with Gasteiger partial charge in [-0.15, -0.1) is 44.8 Å². The van der Waals surface area contributed by atoms with Gasteiger partial charge < -0.3 is 34.3 Å². The summed E-state index contributed by atoms with van der Waals surface area (Å²) in [4.78, 5) is 0. The first-order valence-corrected chi connectivity index (χ1v) is 23.2. The van der Waals surface area contributed by atoms with Crippen molar-refractivity contribution in [3.63, 3.8) is 0 Å². The van der Waals surface area contributed by atoms with Crippen molar-refractivity contribution in [1.29, 1.82) is 0 Å². The van der Waals surface area contributed by atoms with Gasteiger partial charge in [-0.3, -0.25) is 0 Å². The molecule has 58 heavy (non-hydrogen) atoms. The average Bonchev–Trinajstić information content (AvgIpc) is 3.62. The molecule has 0 saturated heterocycles. The van der Waals surface area contributed by atoms with Crippen molar-refractivity contribution in [3.8, 4) is 33.8 Å². The van der Waals surface area contributed by atoms with E-state index in [0.29, 0.717) is 0 Å². The van der Waals surface area contributed by atoms with Crippen molar-refractivity contribution in [2.24, 2.45) is 0 Å². The average molecular weight is 1000 g/mol. The smallest absolute Gasteiger partial charge is 1.00 e. The summed E-state index contributed by atoms with van der Waals surface area (Å²) in [6.07, 6.45) is 0. The molecule has 2 nitrogen and oxygen atoms in total. The zero-order chi connectivity index (χ0) is 40.8. The molecular weight excluding hydrogens is 934 g/mol. The SMILES string of the molecule is COc1ccc(-c2cc(C(C)(C)C)cc(C(C)(C)C)c2)c2c([Si](C)(C)c3c(C)[cH-]c4c(OC)ccc(-c5cc(C(C)(C)C)cc(C(C)(C)C)c5)c34)c(C)[cH-]c12.[Cl-].[Cl-].[Hf+4]. The van der Waals surface area contributed by atoms with Crippen LogP contribution in [0.25, 0.3) is 43.8 Å². The standard InChI is InChI=1S/C52H66O2Si.2ClH.Hf/c1-31-23-41-43(53-15)21-19-39(33-25-35(49(3,4)5)29-36(26-33)50(6,7)8)45(41)47(31)55(17,18)48-32(2)24-42-44(54-16)22-20-40(46(42)48)34-27-37(51(9,10)11)30-38(28-34)52(12,13)14;;;/h19-30H,1-18H3;2*1H;/q-2;;;+4/p-2. The van der Waals surface area contributed by atoms with Crippen LogP contribution in [-0.2, 0) is 47.5 Å². The third-order valence-corrected chi connectivity index (χ3v) is 15.9. The molecule has 0 atom stereocenters. The molecule has 0 aromatic heterocycles. The molecule has 0 bridgehead atoms. The first kappa shape index (κ1) is 49.7. The maximum absolute atomic E-state index is 6.12. The largest absolute Gasteiger partial charge is 4.00 e. The Morgan fingerprint density at radius 1 is 0.466 bits per heavy atom. The Hall–Kier alpha value is -2.63. The van der Waals surface area contributed by atoms with Crippen LogP contribution in [0.1, 0.15) is 116 Å². The maximum Gasteiger partial charge on any atom is 4.00 e. The van der Waals surface area contributed by atoms with Gasteiger partial charge in [-0.25, -0.2) is 0 Å². The summed E-state index contributed by atoms with van der Waals surface area (Å²) in [6, 6.07) is 28.4. The van der Waals surface area contributed by atoms with Crippen molar-refractivity contribution < 1.29 is 60.1 Å². The zero-order valence-electron chi connectivity index (χ0n) is 38.5. The molecule has 6 rings (SSSR count). The van der Waals surface area contributed by atoms with Gasteiger partial charge >= 0.3 is 25.8 Å². The summed E-state index contributed by atoms with van der Waals surface area (Å²) in [7, 11) is 1.13. The number of ether oxygens (including phenoxy) is 2. The van der Waals surface area contributed by atoms with E-state index >= 15 is 0 Å². The fraction of sp³-hybridized carbons (Fsp3) is 0.423. The monoisotopic (exact) mass is 1000 g/mol. The van der Waals surface area contributed by atoms with Gasteiger partial charge in [-0.2, -0.15) is 10.4 Å². The van der Waals surface area contributed by atoms with Crippen LogP contribution < -0.4 is 44.7 Å². The predicted molar refractivity (Wildman–Crippen MR) is 244 cm³/mol. The van der Waals surface area contributed by atoms with Crippen LogP contribution in [0.3, 0.4) is 0 Å². The van der Waals surface area contributed by atoms with Crippen LogP contribution >= 0.6 is 0 Å². The molecule has 0 N–H and O–H groups in total. The number of methoxy groups -OCH3 is 2. The Balaban J connectivity index is 0.00000300. The Morgan fingerprint density at radius 3 is 0.983 bits per heavy atom. The second-order valence-corrected chi connectivity index (χ2v) is 25.1. The molecule has 0 aliphatic heterocycles. The van der Waals surface area contributed by atoms with Gasteiger partial charge in [0.05, 0.1) is 14.2 Å². The molecule has 0 amide bonds. The number of hydrogen-bond donors (Lipinski definition) is 0. The molecule has 0 aliphatic carbocycles. The van der Waals surface area contributed by atoms with E-state index in [1.165, 1.54) is 87.6 Å². The van der Waals surface area contributed by atoms with Gasteiger partial charge in [0, 0.05) is 19.6 Å². The molecule has 0 saturated carbocycles. The summed E-state index contributed by atoms with van der Waals surface area (Å²) in [5.41, 5.74) is 13.3. The summed E-state index contributed by atoms with van der Waals surface area (Å²) in [6.45, 7) is 37.7. The topological polar surface area (TPSA) is 18.5 Å². The molecule has 0 radical (unpaired) electrons. The minimum Gasteiger partial charge on any atom is -1.00 e. The van der Waals surface area contributed by atoms with Crippen molar-refractivity contribution in [1.82, 2.24) is 0 Å². The summed E-state index contributed by atoms with van der Waals surface area (Å²) in [5, 5.41) is 8.04. The Bertz CT molecular complexity index is 2200. The minimum absolute atomic E-state index is 0. The zero-order valence-corrected chi connectivity index (χ0v) is 44.6. The van der Waals surface area contributed by atoms with Crippen molar-refractivity contribution in [3.05, 3.63) is 106 Å². The van der Waals surface area contributed by atoms with Crippen molar-refractivity contribution in [2.75, 3.05) is 14.2 Å². The quantitative estimate of drug-likeness (QED) is 0.128. The molecule has 0 aliphatic rings. The number of fused-ring (bicyclic) bond motifs is 2. The number of hydrogen-bond acceptors (Lipinski definition) is 2. The third kappa shape index (κ3) is 9.02. The van der Waals surface area contributed by atoms with E-state index in [4.69, 9.17) is 9.47 Å². The predicted octanol–water partition coefficient (Wildman–Crippen LogP) is 7.42. The van der Waals surface area contributed by atoms with E-state index in [-0.39, 0.29) is 72.3 Å². The number of benzene rings is 4. The van der Waals surface area contributed by atoms with Crippen molar-refractivity contribution >= 4 is 40.0 Å². The Labute approximate surface area is 383 Å². The van der Waals surface area contributed by atoms with Gasteiger partial charge in [0.15, 0.2) is 0 Å². The summed E-state index contributed by atoms with van der Waals surface area (Å²) >= 11 is 0. The van der Waals surface area contributed by atoms with E-state index in [1.807, 2.05) is 14.2 Å². The second kappa shape index (κ2) is 17.0. The van der Waals surface area contributed by atoms with Crippen LogP contribution in [0, 0.1) is 13.8 Å². The molecular formula is C52H66Cl2HfO2Si. The fourth-order valence-electron chi connectivity index (χ4n) is 8.87. The van der Waals surface area contributed by atoms with E-state index in [0.717, 1.165) is 11.5 Å². The van der Waals surface area contributed by atoms with E-state index in [1.54, 1.807) is 0 Å². The molecule has 0 unspecified atom stereocenters. The molecule has 6 heteroatoms. The van der Waals surface area contributed by atoms with Crippen LogP contribution in [0.15, 0.2) is 72.8 Å². The first-order valence-electron chi connectivity index (χ1n) is 20.2. The molecule has 308 valence electrons. The Morgan fingerprint density at radius 2 is 0.741 bits per heavy atom. The molecule has 6 aromatic rings. The normalized spacial score (nSPS) is 12.6. The van der Waals surface area contributed by atoms with Crippen LogP contribution in [0.5, 0.6) is 11.5 Å². The molecule has 6 aromatic carbocycles. The van der Waals surface area contributed by atoms with Crippen LogP contribution in [0.2, 0.25) is 13.1 Å².